The van der Waals surface area contributed by atoms with Gasteiger partial charge in [0.1, 0.15) is 11.6 Å². The van der Waals surface area contributed by atoms with E-state index >= 15 is 0 Å². The van der Waals surface area contributed by atoms with Crippen LogP contribution >= 0.6 is 0 Å². The van der Waals surface area contributed by atoms with Gasteiger partial charge in [-0.15, -0.1) is 0 Å². The van der Waals surface area contributed by atoms with Crippen LogP contribution in [0.1, 0.15) is 31.6 Å². The number of halogens is 1. The summed E-state index contributed by atoms with van der Waals surface area (Å²) in [5.74, 6) is 1.16. The fourth-order valence-electron chi connectivity index (χ4n) is 2.27. The first-order valence-corrected chi connectivity index (χ1v) is 8.04. The van der Waals surface area contributed by atoms with E-state index in [0.717, 1.165) is 0 Å². The van der Waals surface area contributed by atoms with Crippen molar-refractivity contribution in [2.75, 3.05) is 0 Å². The zero-order valence-corrected chi connectivity index (χ0v) is 14.1. The number of aromatic nitrogens is 4. The summed E-state index contributed by atoms with van der Waals surface area (Å²) in [5.41, 5.74) is 0. The first kappa shape index (κ1) is 17.1. The van der Waals surface area contributed by atoms with Crippen molar-refractivity contribution >= 4 is 0 Å². The highest BCUT2D eigenvalue weighted by molar-refractivity contribution is 5.22. The van der Waals surface area contributed by atoms with Gasteiger partial charge in [0.05, 0.1) is 12.6 Å². The maximum Gasteiger partial charge on any atom is 0.240 e. The van der Waals surface area contributed by atoms with E-state index in [2.05, 4.69) is 34.4 Å². The van der Waals surface area contributed by atoms with Crippen LogP contribution in [-0.4, -0.2) is 26.0 Å². The molecule has 8 heteroatoms. The van der Waals surface area contributed by atoms with Crippen molar-refractivity contribution in [2.24, 2.45) is 0 Å². The fraction of sp³-hybridized carbons (Fsp3) is 0.353. The lowest BCUT2D eigenvalue weighted by atomic mass is 10.2. The molecule has 7 nitrogen and oxygen atoms in total. The Bertz CT molecular complexity index is 773. The molecule has 0 aliphatic rings. The number of hydrogen-bond acceptors (Lipinski definition) is 6. The third-order valence-corrected chi connectivity index (χ3v) is 3.93. The minimum atomic E-state index is -0.307. The summed E-state index contributed by atoms with van der Waals surface area (Å²) < 4.78 is 25.4. The van der Waals surface area contributed by atoms with Gasteiger partial charge >= 0.3 is 0 Å². The van der Waals surface area contributed by atoms with E-state index in [1.807, 2.05) is 16.9 Å². The normalized spacial score (nSPS) is 13.6. The fourth-order valence-corrected chi connectivity index (χ4v) is 2.27. The average molecular weight is 345 g/mol. The SMILES string of the molecule is C[C@H](NCc1nc(COc2ccc(F)cc2)no1)[C@@H](C)n1cccn1. The molecule has 0 bridgehead atoms. The summed E-state index contributed by atoms with van der Waals surface area (Å²) in [4.78, 5) is 4.28. The van der Waals surface area contributed by atoms with Gasteiger partial charge in [0.2, 0.25) is 11.7 Å². The second-order valence-electron chi connectivity index (χ2n) is 5.74. The second kappa shape index (κ2) is 7.89. The number of benzene rings is 1. The van der Waals surface area contributed by atoms with Gasteiger partial charge in [-0.3, -0.25) is 4.68 Å². The summed E-state index contributed by atoms with van der Waals surface area (Å²) >= 11 is 0. The van der Waals surface area contributed by atoms with Crippen LogP contribution in [-0.2, 0) is 13.2 Å². The Labute approximate surface area is 144 Å². The van der Waals surface area contributed by atoms with Crippen molar-refractivity contribution in [1.29, 1.82) is 0 Å². The molecule has 0 spiro atoms. The highest BCUT2D eigenvalue weighted by atomic mass is 19.1. The van der Waals surface area contributed by atoms with E-state index in [-0.39, 0.29) is 24.5 Å². The molecule has 1 N–H and O–H groups in total. The summed E-state index contributed by atoms with van der Waals surface area (Å²) in [6.07, 6.45) is 3.69. The van der Waals surface area contributed by atoms with Gasteiger partial charge in [-0.2, -0.15) is 10.1 Å². The highest BCUT2D eigenvalue weighted by Crippen LogP contribution is 2.13. The molecule has 25 heavy (non-hydrogen) atoms. The predicted octanol–water partition coefficient (Wildman–Crippen LogP) is 2.72. The molecule has 0 fully saturated rings. The highest BCUT2D eigenvalue weighted by Gasteiger charge is 2.15. The first-order valence-electron chi connectivity index (χ1n) is 8.04. The van der Waals surface area contributed by atoms with Crippen molar-refractivity contribution in [2.45, 2.75) is 39.1 Å². The van der Waals surface area contributed by atoms with Crippen molar-refractivity contribution in [3.63, 3.8) is 0 Å². The number of ether oxygens (including phenoxy) is 1. The molecule has 2 atom stereocenters. The largest absolute Gasteiger partial charge is 0.485 e. The van der Waals surface area contributed by atoms with Crippen LogP contribution in [0.2, 0.25) is 0 Å². The summed E-state index contributed by atoms with van der Waals surface area (Å²) in [6, 6.07) is 8.04. The molecule has 0 unspecified atom stereocenters. The molecule has 0 radical (unpaired) electrons. The minimum Gasteiger partial charge on any atom is -0.485 e. The van der Waals surface area contributed by atoms with Gasteiger partial charge in [-0.1, -0.05) is 5.16 Å². The summed E-state index contributed by atoms with van der Waals surface area (Å²) in [6.45, 7) is 4.77. The van der Waals surface area contributed by atoms with E-state index in [4.69, 9.17) is 9.26 Å². The maximum absolute atomic E-state index is 12.8. The Morgan fingerprint density at radius 2 is 2.08 bits per heavy atom. The topological polar surface area (TPSA) is 78.0 Å². The Kier molecular flexibility index (Phi) is 5.39. The van der Waals surface area contributed by atoms with Crippen LogP contribution in [0, 0.1) is 5.82 Å². The molecule has 0 aliphatic carbocycles. The second-order valence-corrected chi connectivity index (χ2v) is 5.74. The molecule has 3 aromatic rings. The molecule has 2 heterocycles. The summed E-state index contributed by atoms with van der Waals surface area (Å²) in [5, 5.41) is 11.5. The van der Waals surface area contributed by atoms with Crippen LogP contribution in [0.25, 0.3) is 0 Å². The van der Waals surface area contributed by atoms with Gasteiger partial charge in [0.15, 0.2) is 6.61 Å². The number of nitrogens with one attached hydrogen (secondary N) is 1. The summed E-state index contributed by atoms with van der Waals surface area (Å²) in [7, 11) is 0. The molecular formula is C17H20FN5O2. The van der Waals surface area contributed by atoms with E-state index in [1.165, 1.54) is 12.1 Å². The Balaban J connectivity index is 1.47. The molecule has 0 saturated heterocycles. The lowest BCUT2D eigenvalue weighted by Crippen LogP contribution is -2.33. The smallest absolute Gasteiger partial charge is 0.240 e. The number of nitrogens with zero attached hydrogens (tertiary/aromatic N) is 4. The third-order valence-electron chi connectivity index (χ3n) is 3.93. The van der Waals surface area contributed by atoms with Gasteiger partial charge < -0.3 is 14.6 Å². The maximum atomic E-state index is 12.8. The van der Waals surface area contributed by atoms with Crippen LogP contribution in [0.4, 0.5) is 4.39 Å². The Morgan fingerprint density at radius 3 is 2.80 bits per heavy atom. The number of rotatable bonds is 8. The standard InChI is InChI=1S/C17H20FN5O2/c1-12(13(2)23-9-3-8-20-23)19-10-17-21-16(22-25-17)11-24-15-6-4-14(18)5-7-15/h3-9,12-13,19H,10-11H2,1-2H3/t12-,13+/m0/s1. The Hall–Kier alpha value is -2.74. The van der Waals surface area contributed by atoms with Gasteiger partial charge in [-0.25, -0.2) is 4.39 Å². The van der Waals surface area contributed by atoms with Crippen LogP contribution in [0.3, 0.4) is 0 Å². The Morgan fingerprint density at radius 1 is 1.28 bits per heavy atom. The van der Waals surface area contributed by atoms with Crippen LogP contribution < -0.4 is 10.1 Å². The van der Waals surface area contributed by atoms with Gasteiger partial charge in [-0.05, 0) is 44.2 Å². The zero-order valence-electron chi connectivity index (χ0n) is 14.1. The quantitative estimate of drug-likeness (QED) is 0.676. The zero-order chi connectivity index (χ0) is 17.6. The van der Waals surface area contributed by atoms with Crippen molar-refractivity contribution < 1.29 is 13.7 Å². The lowest BCUT2D eigenvalue weighted by molar-refractivity contribution is 0.283. The van der Waals surface area contributed by atoms with Crippen molar-refractivity contribution in [1.82, 2.24) is 25.2 Å². The third kappa shape index (κ3) is 4.63. The molecule has 0 aliphatic heterocycles. The monoisotopic (exact) mass is 345 g/mol. The molecule has 132 valence electrons. The molecule has 3 rings (SSSR count). The first-order chi connectivity index (χ1) is 12.1. The van der Waals surface area contributed by atoms with Crippen LogP contribution in [0.15, 0.2) is 47.2 Å². The van der Waals surface area contributed by atoms with Crippen molar-refractivity contribution in [3.8, 4) is 5.75 Å². The average Bonchev–Trinajstić information content (AvgIpc) is 3.30. The van der Waals surface area contributed by atoms with Gasteiger partial charge in [0.25, 0.3) is 0 Å². The minimum absolute atomic E-state index is 0.161. The van der Waals surface area contributed by atoms with Crippen LogP contribution in [0.5, 0.6) is 5.75 Å². The van der Waals surface area contributed by atoms with E-state index < -0.39 is 0 Å². The van der Waals surface area contributed by atoms with Gasteiger partial charge in [0, 0.05) is 18.4 Å². The molecule has 0 amide bonds. The predicted molar refractivity (Wildman–Crippen MR) is 88.3 cm³/mol. The molecule has 1 aromatic carbocycles. The van der Waals surface area contributed by atoms with E-state index in [1.54, 1.807) is 18.3 Å². The number of hydrogen-bond donors (Lipinski definition) is 1. The van der Waals surface area contributed by atoms with E-state index in [0.29, 0.717) is 24.0 Å². The molecule has 2 aromatic heterocycles. The lowest BCUT2D eigenvalue weighted by Gasteiger charge is -2.20. The molecular weight excluding hydrogens is 325 g/mol. The van der Waals surface area contributed by atoms with Crippen molar-refractivity contribution in [3.05, 3.63) is 60.3 Å². The molecule has 0 saturated carbocycles. The van der Waals surface area contributed by atoms with E-state index in [9.17, 15) is 4.39 Å².